The number of thiazole rings is 1. The van der Waals surface area contributed by atoms with Gasteiger partial charge < -0.3 is 29.7 Å². The number of fused-ring (bicyclic) bond motifs is 5. The molecule has 18 heteroatoms. The van der Waals surface area contributed by atoms with E-state index in [1.165, 1.54) is 11.0 Å². The van der Waals surface area contributed by atoms with Crippen LogP contribution in [0.1, 0.15) is 109 Å². The van der Waals surface area contributed by atoms with E-state index in [1.807, 2.05) is 29.6 Å². The second-order valence-electron chi connectivity index (χ2n) is 19.0. The fourth-order valence-corrected chi connectivity index (χ4v) is 12.8. The van der Waals surface area contributed by atoms with Crippen molar-refractivity contribution < 1.29 is 41.8 Å². The van der Waals surface area contributed by atoms with Crippen LogP contribution in [0.4, 0.5) is 4.79 Å². The molecule has 0 unspecified atom stereocenters. The van der Waals surface area contributed by atoms with E-state index in [-0.39, 0.29) is 37.3 Å². The number of amides is 4. The third kappa shape index (κ3) is 10.00. The van der Waals surface area contributed by atoms with Crippen LogP contribution in [-0.2, 0) is 35.6 Å². The summed E-state index contributed by atoms with van der Waals surface area (Å²) < 4.78 is 48.2. The molecule has 4 heterocycles. The number of nitrogens with zero attached hydrogens (tertiary/aromatic N) is 3. The molecule has 9 rings (SSSR count). The molecule has 2 aliphatic heterocycles. The predicted octanol–water partition coefficient (Wildman–Crippen LogP) is 6.84. The van der Waals surface area contributed by atoms with Crippen LogP contribution >= 0.6 is 23.1 Å². The van der Waals surface area contributed by atoms with Crippen LogP contribution in [0.15, 0.2) is 52.8 Å². The minimum Gasteiger partial charge on any atom is -0.492 e. The molecule has 4 aliphatic carbocycles. The van der Waals surface area contributed by atoms with Crippen molar-refractivity contribution in [2.75, 3.05) is 18.9 Å². The standard InChI is InChI=1S/C47H60N6O9S3/c1-3-31-27-47(31,43(56)52-65(58,59)46(2)19-20-46)51-40(54)36-26-32-28-53(36)42(55)38(29-13-6-4-7-14-29)50-44(57)62-37-25-30(37)15-8-5-9-17-34-39(60-22-12-23-63-45-48-21-24-64-45)33-16-10-11-18-35(33)49-41(34)61-32/h3,10-11,16,18,21,24,29-32,36-38H,1,4-9,12-15,17,19-20,22-23,25-28H2,2H3,(H,50,57)(H,51,54)(H,52,56)/t30-,31-,32-,36+,37-,38+,47-/m1/s1. The minimum atomic E-state index is -4.01. The lowest BCUT2D eigenvalue weighted by atomic mass is 9.83. The Kier molecular flexibility index (Phi) is 13.4. The van der Waals surface area contributed by atoms with Crippen LogP contribution in [0.3, 0.4) is 0 Å². The molecule has 1 aromatic carbocycles. The van der Waals surface area contributed by atoms with Gasteiger partial charge in [-0.3, -0.25) is 19.1 Å². The molecule has 2 bridgehead atoms. The topological polar surface area (TPSA) is 195 Å². The van der Waals surface area contributed by atoms with Gasteiger partial charge in [-0.2, -0.15) is 0 Å². The van der Waals surface area contributed by atoms with E-state index >= 15 is 4.79 Å². The number of rotatable bonds is 13. The van der Waals surface area contributed by atoms with Gasteiger partial charge in [0.05, 0.1) is 29.0 Å². The van der Waals surface area contributed by atoms with Crippen LogP contribution in [0.5, 0.6) is 11.6 Å². The molecule has 15 nitrogen and oxygen atoms in total. The van der Waals surface area contributed by atoms with Crippen molar-refractivity contribution in [3.63, 3.8) is 0 Å². The van der Waals surface area contributed by atoms with Crippen molar-refractivity contribution in [1.29, 1.82) is 0 Å². The molecule has 350 valence electrons. The molecule has 1 saturated heterocycles. The number of para-hydroxylation sites is 1. The molecule has 3 aromatic rings. The fourth-order valence-electron chi connectivity index (χ4n) is 9.89. The van der Waals surface area contributed by atoms with Gasteiger partial charge in [-0.05, 0) is 95.1 Å². The van der Waals surface area contributed by atoms with E-state index in [1.54, 1.807) is 36.2 Å². The smallest absolute Gasteiger partial charge is 0.408 e. The first-order valence-corrected chi connectivity index (χ1v) is 26.8. The number of pyridine rings is 1. The van der Waals surface area contributed by atoms with E-state index < -0.39 is 68.2 Å². The normalized spacial score (nSPS) is 29.1. The highest BCUT2D eigenvalue weighted by molar-refractivity contribution is 8.01. The number of alkyl carbamates (subject to hydrolysis) is 1. The first kappa shape index (κ1) is 45.7. The van der Waals surface area contributed by atoms with Crippen molar-refractivity contribution in [2.24, 2.45) is 17.8 Å². The van der Waals surface area contributed by atoms with Crippen molar-refractivity contribution in [3.8, 4) is 11.6 Å². The first-order chi connectivity index (χ1) is 31.4. The number of nitrogens with one attached hydrogen (secondary N) is 3. The SMILES string of the molecule is C=C[C@@H]1C[C@]1(NC(=O)[C@@H]1C[C@@H]2CN1C(=O)[C@H](C1CCCCC1)NC(=O)O[C@@H]1C[C@H]1CCCCCc1c(nc3ccccc3c1OCCCSc1nccs1)O2)C(=O)NS(=O)(=O)C1(C)CC1. The van der Waals surface area contributed by atoms with Gasteiger partial charge in [0.25, 0.3) is 5.91 Å². The molecule has 7 atom stereocenters. The highest BCUT2D eigenvalue weighted by Crippen LogP contribution is 2.48. The second kappa shape index (κ2) is 19.1. The number of hydrogen-bond acceptors (Lipinski definition) is 13. The minimum absolute atomic E-state index is 0.00347. The first-order valence-electron chi connectivity index (χ1n) is 23.4. The molecule has 0 spiro atoms. The van der Waals surface area contributed by atoms with E-state index in [9.17, 15) is 22.8 Å². The van der Waals surface area contributed by atoms with Gasteiger partial charge in [-0.1, -0.05) is 62.1 Å². The number of aromatic nitrogens is 2. The Hall–Kier alpha value is -4.42. The summed E-state index contributed by atoms with van der Waals surface area (Å²) in [7, 11) is -4.01. The van der Waals surface area contributed by atoms with Crippen molar-refractivity contribution in [3.05, 3.63) is 54.1 Å². The molecule has 4 amide bonds. The van der Waals surface area contributed by atoms with Gasteiger partial charge in [-0.15, -0.1) is 17.9 Å². The van der Waals surface area contributed by atoms with E-state index in [0.717, 1.165) is 91.7 Å². The van der Waals surface area contributed by atoms with Gasteiger partial charge in [0.2, 0.25) is 27.7 Å². The average Bonchev–Trinajstić information content (AvgIpc) is 4.24. The zero-order valence-corrected chi connectivity index (χ0v) is 39.4. The monoisotopic (exact) mass is 948 g/mol. The lowest BCUT2D eigenvalue weighted by Gasteiger charge is -2.34. The number of ether oxygens (including phenoxy) is 3. The van der Waals surface area contributed by atoms with Crippen LogP contribution in [0, 0.1) is 17.8 Å². The zero-order valence-electron chi connectivity index (χ0n) is 37.0. The number of carbonyl (C=O) groups is 4. The Morgan fingerprint density at radius 3 is 2.57 bits per heavy atom. The fraction of sp³-hybridized carbons (Fsp3) is 0.617. The molecule has 6 aliphatic rings. The third-order valence-electron chi connectivity index (χ3n) is 14.4. The Labute approximate surface area is 389 Å². The Morgan fingerprint density at radius 1 is 1.06 bits per heavy atom. The van der Waals surface area contributed by atoms with Crippen molar-refractivity contribution in [2.45, 2.75) is 149 Å². The number of carbonyl (C=O) groups excluding carboxylic acids is 4. The van der Waals surface area contributed by atoms with Crippen LogP contribution in [-0.4, -0.2) is 101 Å². The number of hydrogen-bond donors (Lipinski definition) is 3. The van der Waals surface area contributed by atoms with Crippen LogP contribution < -0.4 is 24.8 Å². The zero-order chi connectivity index (χ0) is 45.3. The van der Waals surface area contributed by atoms with E-state index in [4.69, 9.17) is 19.2 Å². The highest BCUT2D eigenvalue weighted by Gasteiger charge is 2.63. The summed E-state index contributed by atoms with van der Waals surface area (Å²) in [6.45, 7) is 5.91. The summed E-state index contributed by atoms with van der Waals surface area (Å²) in [5.74, 6) is -0.403. The maximum Gasteiger partial charge on any atom is 0.408 e. The van der Waals surface area contributed by atoms with Gasteiger partial charge >= 0.3 is 6.09 Å². The van der Waals surface area contributed by atoms with E-state index in [2.05, 4.69) is 26.9 Å². The largest absolute Gasteiger partial charge is 0.492 e. The Morgan fingerprint density at radius 2 is 1.83 bits per heavy atom. The molecular formula is C47H60N6O9S3. The third-order valence-corrected chi connectivity index (χ3v) is 18.6. The summed E-state index contributed by atoms with van der Waals surface area (Å²) in [5.41, 5.74) is -0.0511. The molecule has 2 aromatic heterocycles. The summed E-state index contributed by atoms with van der Waals surface area (Å²) in [5, 5.41) is 8.70. The van der Waals surface area contributed by atoms with Gasteiger partial charge in [-0.25, -0.2) is 23.2 Å². The molecule has 0 radical (unpaired) electrons. The lowest BCUT2D eigenvalue weighted by molar-refractivity contribution is -0.142. The summed E-state index contributed by atoms with van der Waals surface area (Å²) in [6.07, 6.45) is 12.9. The maximum absolute atomic E-state index is 15.1. The maximum atomic E-state index is 15.1. The number of thioether (sulfide) groups is 1. The molecule has 5 fully saturated rings. The Bertz CT molecular complexity index is 2390. The van der Waals surface area contributed by atoms with Gasteiger partial charge in [0.1, 0.15) is 39.9 Å². The molecule has 3 N–H and O–H groups in total. The summed E-state index contributed by atoms with van der Waals surface area (Å²) in [6, 6.07) is 5.72. The number of sulfonamides is 1. The van der Waals surface area contributed by atoms with Crippen LogP contribution in [0.2, 0.25) is 0 Å². The lowest BCUT2D eigenvalue weighted by Crippen LogP contribution is -2.59. The van der Waals surface area contributed by atoms with Gasteiger partial charge in [0.15, 0.2) is 0 Å². The van der Waals surface area contributed by atoms with Crippen LogP contribution in [0.25, 0.3) is 10.9 Å². The number of benzene rings is 1. The summed E-state index contributed by atoms with van der Waals surface area (Å²) in [4.78, 5) is 68.3. The van der Waals surface area contributed by atoms with Crippen molar-refractivity contribution in [1.82, 2.24) is 30.2 Å². The molecule has 65 heavy (non-hydrogen) atoms. The Balaban J connectivity index is 1.04. The molecular weight excluding hydrogens is 889 g/mol. The second-order valence-corrected chi connectivity index (χ2v) is 23.5. The highest BCUT2D eigenvalue weighted by atomic mass is 32.2. The average molecular weight is 949 g/mol. The van der Waals surface area contributed by atoms with Gasteiger partial charge in [0, 0.05) is 35.1 Å². The molecule has 4 saturated carbocycles. The predicted molar refractivity (Wildman–Crippen MR) is 247 cm³/mol. The summed E-state index contributed by atoms with van der Waals surface area (Å²) >= 11 is 3.31. The van der Waals surface area contributed by atoms with E-state index in [0.29, 0.717) is 43.0 Å². The quantitative estimate of drug-likeness (QED) is 0.0919. The van der Waals surface area contributed by atoms with Crippen molar-refractivity contribution >= 4 is 67.8 Å².